The Kier molecular flexibility index (Phi) is 5.33. The van der Waals surface area contributed by atoms with Gasteiger partial charge >= 0.3 is 0 Å². The number of nitrogens with one attached hydrogen (secondary N) is 2. The van der Waals surface area contributed by atoms with E-state index in [4.69, 9.17) is 4.74 Å². The molecule has 0 aliphatic carbocycles. The predicted molar refractivity (Wildman–Crippen MR) is 95.4 cm³/mol. The number of ether oxygens (including phenoxy) is 1. The quantitative estimate of drug-likeness (QED) is 0.561. The number of nitrogens with zero attached hydrogens (tertiary/aromatic N) is 1. The maximum absolute atomic E-state index is 10.4. The molecule has 1 aromatic carbocycles. The topological polar surface area (TPSA) is 65.9 Å². The molecule has 0 aromatic heterocycles. The van der Waals surface area contributed by atoms with Crippen LogP contribution in [0.15, 0.2) is 29.3 Å². The molecular weight excluding hydrogens is 310 g/mol. The average molecular weight is 335 g/mol. The Morgan fingerprint density at radius 2 is 2.30 bits per heavy atom. The minimum absolute atomic E-state index is 0.126. The lowest BCUT2D eigenvalue weighted by Gasteiger charge is -2.20. The van der Waals surface area contributed by atoms with Gasteiger partial charge in [-0.2, -0.15) is 11.8 Å². The lowest BCUT2D eigenvalue weighted by Crippen LogP contribution is -2.43. The molecule has 1 saturated heterocycles. The van der Waals surface area contributed by atoms with Gasteiger partial charge in [0.25, 0.3) is 0 Å². The average Bonchev–Trinajstić information content (AvgIpc) is 3.16. The van der Waals surface area contributed by atoms with Crippen molar-refractivity contribution in [2.45, 2.75) is 31.5 Å². The number of guanidine groups is 1. The molecule has 3 N–H and O–H groups in total. The van der Waals surface area contributed by atoms with Crippen molar-refractivity contribution >= 4 is 17.7 Å². The first-order valence-electron chi connectivity index (χ1n) is 8.25. The van der Waals surface area contributed by atoms with E-state index in [9.17, 15) is 5.11 Å². The van der Waals surface area contributed by atoms with E-state index in [0.717, 1.165) is 42.6 Å². The van der Waals surface area contributed by atoms with Crippen LogP contribution in [0.2, 0.25) is 0 Å². The van der Waals surface area contributed by atoms with Gasteiger partial charge in [-0.15, -0.1) is 0 Å². The second-order valence-corrected chi connectivity index (χ2v) is 7.26. The summed E-state index contributed by atoms with van der Waals surface area (Å²) in [7, 11) is 0. The van der Waals surface area contributed by atoms with Crippen LogP contribution in [0.25, 0.3) is 0 Å². The van der Waals surface area contributed by atoms with Crippen LogP contribution in [-0.2, 0) is 6.42 Å². The standard InChI is InChI=1S/C17H25N3O2S/c1-2-18-16(20-11-17(21)7-8-23-12-17)19-10-14-9-13-5-3-4-6-15(13)22-14/h3-6,14,21H,2,7-12H2,1H3,(H2,18,19,20). The minimum Gasteiger partial charge on any atom is -0.488 e. The van der Waals surface area contributed by atoms with Gasteiger partial charge in [-0.1, -0.05) is 18.2 Å². The van der Waals surface area contributed by atoms with E-state index in [1.54, 1.807) is 11.8 Å². The summed E-state index contributed by atoms with van der Waals surface area (Å²) in [4.78, 5) is 4.55. The monoisotopic (exact) mass is 335 g/mol. The summed E-state index contributed by atoms with van der Waals surface area (Å²) in [6, 6.07) is 8.17. The fourth-order valence-corrected chi connectivity index (χ4v) is 4.15. The molecule has 126 valence electrons. The van der Waals surface area contributed by atoms with Crippen molar-refractivity contribution in [3.63, 3.8) is 0 Å². The summed E-state index contributed by atoms with van der Waals surface area (Å²) >= 11 is 1.79. The van der Waals surface area contributed by atoms with Crippen LogP contribution in [0, 0.1) is 0 Å². The molecule has 2 heterocycles. The fraction of sp³-hybridized carbons (Fsp3) is 0.588. The maximum atomic E-state index is 10.4. The van der Waals surface area contributed by atoms with E-state index in [0.29, 0.717) is 13.1 Å². The van der Waals surface area contributed by atoms with Crippen LogP contribution in [0.3, 0.4) is 0 Å². The van der Waals surface area contributed by atoms with Crippen molar-refractivity contribution in [2.24, 2.45) is 4.99 Å². The Morgan fingerprint density at radius 3 is 3.04 bits per heavy atom. The third-order valence-corrected chi connectivity index (χ3v) is 5.40. The second kappa shape index (κ2) is 7.45. The van der Waals surface area contributed by atoms with Crippen molar-refractivity contribution in [3.05, 3.63) is 29.8 Å². The summed E-state index contributed by atoms with van der Waals surface area (Å²) in [5, 5.41) is 17.0. The third-order valence-electron chi connectivity index (χ3n) is 4.17. The molecule has 2 aliphatic rings. The number of hydrogen-bond acceptors (Lipinski definition) is 4. The normalized spacial score (nSPS) is 26.7. The molecule has 2 aliphatic heterocycles. The molecule has 3 rings (SSSR count). The van der Waals surface area contributed by atoms with Gasteiger partial charge in [-0.3, -0.25) is 4.99 Å². The van der Waals surface area contributed by atoms with Gasteiger partial charge in [0.1, 0.15) is 11.9 Å². The first-order chi connectivity index (χ1) is 11.2. The number of benzene rings is 1. The van der Waals surface area contributed by atoms with Crippen LogP contribution in [-0.4, -0.2) is 53.9 Å². The van der Waals surface area contributed by atoms with E-state index in [1.165, 1.54) is 5.56 Å². The van der Waals surface area contributed by atoms with Gasteiger partial charge in [-0.25, -0.2) is 0 Å². The molecule has 0 radical (unpaired) electrons. The highest BCUT2D eigenvalue weighted by molar-refractivity contribution is 7.99. The molecule has 6 heteroatoms. The van der Waals surface area contributed by atoms with Gasteiger partial charge in [0, 0.05) is 18.7 Å². The summed E-state index contributed by atoms with van der Waals surface area (Å²) in [6.07, 6.45) is 1.87. The summed E-state index contributed by atoms with van der Waals surface area (Å²) in [5.74, 6) is 3.53. The highest BCUT2D eigenvalue weighted by Crippen LogP contribution is 2.28. The fourth-order valence-electron chi connectivity index (χ4n) is 2.87. The molecule has 1 fully saturated rings. The number of aliphatic imine (C=N–C) groups is 1. The molecule has 2 atom stereocenters. The Labute approximate surface area is 141 Å². The molecule has 0 amide bonds. The Balaban J connectivity index is 1.52. The Bertz CT molecular complexity index is 534. The Morgan fingerprint density at radius 1 is 1.43 bits per heavy atom. The molecule has 0 bridgehead atoms. The van der Waals surface area contributed by atoms with Crippen LogP contribution in [0.1, 0.15) is 18.9 Å². The predicted octanol–water partition coefficient (Wildman–Crippen LogP) is 1.41. The van der Waals surface area contributed by atoms with Crippen LogP contribution in [0.4, 0.5) is 0 Å². The first-order valence-corrected chi connectivity index (χ1v) is 9.41. The number of rotatable bonds is 5. The van der Waals surface area contributed by atoms with Crippen molar-refractivity contribution in [2.75, 3.05) is 31.1 Å². The number of aliphatic hydroxyl groups is 1. The summed E-state index contributed by atoms with van der Waals surface area (Å²) in [6.45, 7) is 3.98. The lowest BCUT2D eigenvalue weighted by molar-refractivity contribution is 0.0778. The number of fused-ring (bicyclic) bond motifs is 1. The largest absolute Gasteiger partial charge is 0.488 e. The molecule has 2 unspecified atom stereocenters. The molecule has 0 saturated carbocycles. The van der Waals surface area contributed by atoms with E-state index >= 15 is 0 Å². The highest BCUT2D eigenvalue weighted by Gasteiger charge is 2.31. The van der Waals surface area contributed by atoms with Crippen molar-refractivity contribution in [3.8, 4) is 5.75 Å². The van der Waals surface area contributed by atoms with Crippen LogP contribution in [0.5, 0.6) is 5.75 Å². The van der Waals surface area contributed by atoms with E-state index in [2.05, 4.69) is 21.7 Å². The lowest BCUT2D eigenvalue weighted by atomic mass is 10.1. The zero-order chi connectivity index (χ0) is 16.1. The SMILES string of the molecule is CCNC(=NCC1(O)CCSC1)NCC1Cc2ccccc2O1. The molecule has 5 nitrogen and oxygen atoms in total. The van der Waals surface area contributed by atoms with Crippen LogP contribution >= 0.6 is 11.8 Å². The van der Waals surface area contributed by atoms with Crippen molar-refractivity contribution < 1.29 is 9.84 Å². The smallest absolute Gasteiger partial charge is 0.191 e. The first kappa shape index (κ1) is 16.5. The minimum atomic E-state index is -0.646. The third kappa shape index (κ3) is 4.32. The van der Waals surface area contributed by atoms with Crippen molar-refractivity contribution in [1.82, 2.24) is 10.6 Å². The maximum Gasteiger partial charge on any atom is 0.191 e. The summed E-state index contributed by atoms with van der Waals surface area (Å²) < 4.78 is 5.94. The zero-order valence-corrected chi connectivity index (χ0v) is 14.4. The van der Waals surface area contributed by atoms with E-state index in [-0.39, 0.29) is 6.10 Å². The van der Waals surface area contributed by atoms with Crippen LogP contribution < -0.4 is 15.4 Å². The van der Waals surface area contributed by atoms with Crippen molar-refractivity contribution in [1.29, 1.82) is 0 Å². The van der Waals surface area contributed by atoms with E-state index in [1.807, 2.05) is 25.1 Å². The second-order valence-electron chi connectivity index (χ2n) is 6.15. The molecule has 0 spiro atoms. The number of para-hydroxylation sites is 1. The van der Waals surface area contributed by atoms with Gasteiger partial charge in [0.2, 0.25) is 0 Å². The molecular formula is C17H25N3O2S. The van der Waals surface area contributed by atoms with Gasteiger partial charge in [0.15, 0.2) is 5.96 Å². The highest BCUT2D eigenvalue weighted by atomic mass is 32.2. The van der Waals surface area contributed by atoms with Gasteiger partial charge < -0.3 is 20.5 Å². The number of thioether (sulfide) groups is 1. The van der Waals surface area contributed by atoms with E-state index < -0.39 is 5.60 Å². The molecule has 23 heavy (non-hydrogen) atoms. The summed E-state index contributed by atoms with van der Waals surface area (Å²) in [5.41, 5.74) is 0.617. The van der Waals surface area contributed by atoms with Gasteiger partial charge in [-0.05, 0) is 30.7 Å². The zero-order valence-electron chi connectivity index (χ0n) is 13.5. The number of hydrogen-bond donors (Lipinski definition) is 3. The Hall–Kier alpha value is -1.40. The molecule has 1 aromatic rings. The van der Waals surface area contributed by atoms with Gasteiger partial charge in [0.05, 0.1) is 18.7 Å².